The summed E-state index contributed by atoms with van der Waals surface area (Å²) in [7, 11) is -0.645. The van der Waals surface area contributed by atoms with Crippen molar-refractivity contribution in [3.05, 3.63) is 48.0 Å². The molecule has 1 aliphatic rings. The summed E-state index contributed by atoms with van der Waals surface area (Å²) in [5.41, 5.74) is 0.878. The van der Waals surface area contributed by atoms with E-state index in [1.807, 2.05) is 32.0 Å². The Morgan fingerprint density at radius 2 is 1.83 bits per heavy atom. The van der Waals surface area contributed by atoms with Crippen molar-refractivity contribution in [3.8, 4) is 11.5 Å². The van der Waals surface area contributed by atoms with Gasteiger partial charge < -0.3 is 14.8 Å². The van der Waals surface area contributed by atoms with Crippen molar-refractivity contribution >= 4 is 21.6 Å². The molecule has 0 aromatic heterocycles. The predicted octanol–water partition coefficient (Wildman–Crippen LogP) is 2.13. The molecule has 29 heavy (non-hydrogen) atoms. The van der Waals surface area contributed by atoms with Crippen LogP contribution in [0.15, 0.2) is 47.4 Å². The van der Waals surface area contributed by atoms with Crippen molar-refractivity contribution < 1.29 is 22.7 Å². The summed E-state index contributed by atoms with van der Waals surface area (Å²) < 4.78 is 36.4. The lowest BCUT2D eigenvalue weighted by Gasteiger charge is -2.27. The maximum Gasteiger partial charge on any atom is 0.242 e. The van der Waals surface area contributed by atoms with E-state index < -0.39 is 15.6 Å². The van der Waals surface area contributed by atoms with Gasteiger partial charge >= 0.3 is 0 Å². The SMILES string of the molecule is CN(C)S(=O)(=O)c1cccc(NC(=O)CNC(C)(C)c2ccc3c(c2)OCO3)c1. The number of anilines is 1. The van der Waals surface area contributed by atoms with Gasteiger partial charge in [-0.15, -0.1) is 0 Å². The number of ether oxygens (including phenoxy) is 2. The maximum atomic E-state index is 12.4. The highest BCUT2D eigenvalue weighted by atomic mass is 32.2. The monoisotopic (exact) mass is 419 g/mol. The molecule has 1 heterocycles. The average Bonchev–Trinajstić information content (AvgIpc) is 3.14. The molecule has 8 nitrogen and oxygen atoms in total. The van der Waals surface area contributed by atoms with Crippen molar-refractivity contribution in [2.75, 3.05) is 32.7 Å². The maximum absolute atomic E-state index is 12.4. The number of carbonyl (C=O) groups excluding carboxylic acids is 1. The Morgan fingerprint density at radius 1 is 1.10 bits per heavy atom. The lowest BCUT2D eigenvalue weighted by atomic mass is 9.94. The molecule has 0 saturated heterocycles. The van der Waals surface area contributed by atoms with Crippen molar-refractivity contribution in [3.63, 3.8) is 0 Å². The first-order chi connectivity index (χ1) is 13.6. The molecule has 1 aliphatic heterocycles. The Morgan fingerprint density at radius 3 is 2.55 bits per heavy atom. The van der Waals surface area contributed by atoms with Gasteiger partial charge in [0.2, 0.25) is 22.7 Å². The van der Waals surface area contributed by atoms with E-state index in [-0.39, 0.29) is 24.1 Å². The Bertz CT molecular complexity index is 1020. The van der Waals surface area contributed by atoms with Crippen molar-refractivity contribution in [1.29, 1.82) is 0 Å². The van der Waals surface area contributed by atoms with Gasteiger partial charge in [0, 0.05) is 25.3 Å². The van der Waals surface area contributed by atoms with Crippen LogP contribution >= 0.6 is 0 Å². The fourth-order valence-electron chi connectivity index (χ4n) is 2.84. The zero-order valence-corrected chi connectivity index (χ0v) is 17.7. The molecular formula is C20H25N3O5S. The molecule has 2 N–H and O–H groups in total. The lowest BCUT2D eigenvalue weighted by molar-refractivity contribution is -0.115. The molecule has 0 saturated carbocycles. The summed E-state index contributed by atoms with van der Waals surface area (Å²) in [4.78, 5) is 12.5. The number of carbonyl (C=O) groups is 1. The average molecular weight is 420 g/mol. The number of amides is 1. The van der Waals surface area contributed by atoms with Gasteiger partial charge in [-0.2, -0.15) is 0 Å². The topological polar surface area (TPSA) is 97.0 Å². The van der Waals surface area contributed by atoms with Crippen LogP contribution in [0.2, 0.25) is 0 Å². The number of hydrogen-bond donors (Lipinski definition) is 2. The summed E-state index contributed by atoms with van der Waals surface area (Å²) in [5.74, 6) is 1.11. The second-order valence-electron chi connectivity index (χ2n) is 7.41. The molecule has 0 unspecified atom stereocenters. The number of hydrogen-bond acceptors (Lipinski definition) is 6. The quantitative estimate of drug-likeness (QED) is 0.714. The van der Waals surface area contributed by atoms with Crippen LogP contribution in [-0.2, 0) is 20.4 Å². The summed E-state index contributed by atoms with van der Waals surface area (Å²) >= 11 is 0. The van der Waals surface area contributed by atoms with E-state index in [0.717, 1.165) is 9.87 Å². The molecule has 3 rings (SSSR count). The third-order valence-corrected chi connectivity index (χ3v) is 6.49. The molecule has 0 radical (unpaired) electrons. The number of benzene rings is 2. The van der Waals surface area contributed by atoms with Gasteiger partial charge in [-0.3, -0.25) is 10.1 Å². The second kappa shape index (κ2) is 8.02. The van der Waals surface area contributed by atoms with Gasteiger partial charge in [0.05, 0.1) is 11.4 Å². The molecule has 9 heteroatoms. The Balaban J connectivity index is 1.64. The normalized spacial score (nSPS) is 13.6. The van der Waals surface area contributed by atoms with E-state index in [4.69, 9.17) is 9.47 Å². The molecule has 1 amide bonds. The number of fused-ring (bicyclic) bond motifs is 1. The van der Waals surface area contributed by atoms with Crippen molar-refractivity contribution in [2.45, 2.75) is 24.3 Å². The van der Waals surface area contributed by atoms with Crippen molar-refractivity contribution in [2.24, 2.45) is 0 Å². The smallest absolute Gasteiger partial charge is 0.242 e. The predicted molar refractivity (Wildman–Crippen MR) is 110 cm³/mol. The van der Waals surface area contributed by atoms with E-state index in [1.54, 1.807) is 12.1 Å². The number of sulfonamides is 1. The van der Waals surface area contributed by atoms with Gasteiger partial charge in [-0.05, 0) is 49.7 Å². The van der Waals surface area contributed by atoms with Gasteiger partial charge in [0.1, 0.15) is 0 Å². The van der Waals surface area contributed by atoms with E-state index in [1.165, 1.54) is 26.2 Å². The first kappa shape index (κ1) is 21.1. The van der Waals surface area contributed by atoms with Gasteiger partial charge in [0.15, 0.2) is 11.5 Å². The standard InChI is InChI=1S/C20H25N3O5S/c1-20(2,14-8-9-17-18(10-14)28-13-27-17)21-12-19(24)22-15-6-5-7-16(11-15)29(25,26)23(3)4/h5-11,21H,12-13H2,1-4H3,(H,22,24). The fraction of sp³-hybridized carbons (Fsp3) is 0.350. The summed E-state index contributed by atoms with van der Waals surface area (Å²) in [5, 5.41) is 5.94. The molecule has 156 valence electrons. The Hall–Kier alpha value is -2.62. The molecule has 2 aromatic rings. The van der Waals surface area contributed by atoms with Crippen LogP contribution in [0.5, 0.6) is 11.5 Å². The van der Waals surface area contributed by atoms with Gasteiger partial charge in [-0.1, -0.05) is 12.1 Å². The third-order valence-electron chi connectivity index (χ3n) is 4.68. The summed E-state index contributed by atoms with van der Waals surface area (Å²) in [6, 6.07) is 11.8. The van der Waals surface area contributed by atoms with Crippen molar-refractivity contribution in [1.82, 2.24) is 9.62 Å². The summed E-state index contributed by atoms with van der Waals surface area (Å²) in [6.07, 6.45) is 0. The minimum Gasteiger partial charge on any atom is -0.454 e. The minimum absolute atomic E-state index is 0.0477. The fourth-order valence-corrected chi connectivity index (χ4v) is 3.79. The van der Waals surface area contributed by atoms with Gasteiger partial charge in [0.25, 0.3) is 0 Å². The first-order valence-electron chi connectivity index (χ1n) is 9.07. The highest BCUT2D eigenvalue weighted by Crippen LogP contribution is 2.35. The van der Waals surface area contributed by atoms with Gasteiger partial charge in [-0.25, -0.2) is 12.7 Å². The highest BCUT2D eigenvalue weighted by Gasteiger charge is 2.24. The zero-order chi connectivity index (χ0) is 21.2. The summed E-state index contributed by atoms with van der Waals surface area (Å²) in [6.45, 7) is 4.17. The largest absolute Gasteiger partial charge is 0.454 e. The van der Waals surface area contributed by atoms with E-state index in [0.29, 0.717) is 17.2 Å². The molecular weight excluding hydrogens is 394 g/mol. The van der Waals surface area contributed by atoms with Crippen LogP contribution in [0.3, 0.4) is 0 Å². The van der Waals surface area contributed by atoms with Crippen LogP contribution < -0.4 is 20.1 Å². The molecule has 0 fully saturated rings. The van der Waals surface area contributed by atoms with E-state index in [9.17, 15) is 13.2 Å². The van der Waals surface area contributed by atoms with Crippen LogP contribution in [0.25, 0.3) is 0 Å². The molecule has 0 spiro atoms. The molecule has 0 bridgehead atoms. The minimum atomic E-state index is -3.57. The molecule has 0 atom stereocenters. The second-order valence-corrected chi connectivity index (χ2v) is 9.56. The molecule has 2 aromatic carbocycles. The Labute approximate surface area is 170 Å². The lowest BCUT2D eigenvalue weighted by Crippen LogP contribution is -2.41. The van der Waals surface area contributed by atoms with E-state index in [2.05, 4.69) is 10.6 Å². The molecule has 0 aliphatic carbocycles. The van der Waals surface area contributed by atoms with Crippen LogP contribution in [0.1, 0.15) is 19.4 Å². The van der Waals surface area contributed by atoms with Crippen LogP contribution in [0, 0.1) is 0 Å². The zero-order valence-electron chi connectivity index (χ0n) is 16.9. The third kappa shape index (κ3) is 4.69. The highest BCUT2D eigenvalue weighted by molar-refractivity contribution is 7.89. The number of rotatable bonds is 7. The van der Waals surface area contributed by atoms with Crippen LogP contribution in [-0.4, -0.2) is 46.1 Å². The Kier molecular flexibility index (Phi) is 5.83. The number of nitrogens with one attached hydrogen (secondary N) is 2. The first-order valence-corrected chi connectivity index (χ1v) is 10.5. The number of nitrogens with zero attached hydrogens (tertiary/aromatic N) is 1. The van der Waals surface area contributed by atoms with Crippen LogP contribution in [0.4, 0.5) is 5.69 Å². The van der Waals surface area contributed by atoms with E-state index >= 15 is 0 Å².